The van der Waals surface area contributed by atoms with Crippen LogP contribution in [0.15, 0.2) is 23.1 Å². The molecule has 1 amide bonds. The summed E-state index contributed by atoms with van der Waals surface area (Å²) in [4.78, 5) is 12.1. The fourth-order valence-corrected chi connectivity index (χ4v) is 3.16. The number of nitrogen functional groups attached to an aromatic ring is 1. The molecule has 6 heteroatoms. The average molecular weight is 298 g/mol. The van der Waals surface area contributed by atoms with Crippen LogP contribution in [0.3, 0.4) is 0 Å². The van der Waals surface area contributed by atoms with E-state index in [0.29, 0.717) is 5.56 Å². The number of benzene rings is 1. The van der Waals surface area contributed by atoms with Gasteiger partial charge >= 0.3 is 0 Å². The summed E-state index contributed by atoms with van der Waals surface area (Å²) in [6, 6.07) is 4.78. The third kappa shape index (κ3) is 3.50. The van der Waals surface area contributed by atoms with Crippen molar-refractivity contribution in [1.82, 2.24) is 5.32 Å². The van der Waals surface area contributed by atoms with Gasteiger partial charge in [0.05, 0.1) is 10.6 Å². The van der Waals surface area contributed by atoms with E-state index in [2.05, 4.69) is 5.32 Å². The quantitative estimate of drug-likeness (QED) is 0.830. The van der Waals surface area contributed by atoms with Crippen LogP contribution >= 0.6 is 0 Å². The number of carbonyl (C=O) groups excluding carboxylic acids is 1. The van der Waals surface area contributed by atoms with Crippen molar-refractivity contribution in [3.05, 3.63) is 23.8 Å². The molecule has 3 N–H and O–H groups in total. The van der Waals surface area contributed by atoms with Crippen LogP contribution in [0.4, 0.5) is 5.69 Å². The Hall–Kier alpha value is -1.56. The molecule has 0 radical (unpaired) electrons. The van der Waals surface area contributed by atoms with E-state index < -0.39 is 26.5 Å². The molecule has 20 heavy (non-hydrogen) atoms. The summed E-state index contributed by atoms with van der Waals surface area (Å²) in [5, 5.41) is 1.48. The normalized spacial score (nSPS) is 13.8. The smallest absolute Gasteiger partial charge is 0.238 e. The Balaban J connectivity index is 3.17. The second kappa shape index (κ2) is 5.44. The summed E-state index contributed by atoms with van der Waals surface area (Å²) >= 11 is 0. The molecule has 0 bridgehead atoms. The average Bonchev–Trinajstić information content (AvgIpc) is 2.29. The zero-order chi connectivity index (χ0) is 15.7. The summed E-state index contributed by atoms with van der Waals surface area (Å²) in [6.07, 6.45) is 0. The minimum absolute atomic E-state index is 0.00839. The molecule has 0 heterocycles. The van der Waals surface area contributed by atoms with Crippen LogP contribution in [0.25, 0.3) is 0 Å². The first-order chi connectivity index (χ1) is 8.97. The Labute approximate surface area is 120 Å². The van der Waals surface area contributed by atoms with Gasteiger partial charge in [-0.1, -0.05) is 12.1 Å². The highest BCUT2D eigenvalue weighted by molar-refractivity contribution is 7.93. The molecule has 0 fully saturated rings. The number of anilines is 1. The van der Waals surface area contributed by atoms with Crippen molar-refractivity contribution in [1.29, 1.82) is 0 Å². The van der Waals surface area contributed by atoms with E-state index in [9.17, 15) is 13.2 Å². The van der Waals surface area contributed by atoms with Crippen LogP contribution in [-0.2, 0) is 14.6 Å². The summed E-state index contributed by atoms with van der Waals surface area (Å²) in [6.45, 7) is 8.49. The number of rotatable bonds is 3. The summed E-state index contributed by atoms with van der Waals surface area (Å²) in [5.74, 6) is -0.529. The monoisotopic (exact) mass is 298 g/mol. The van der Waals surface area contributed by atoms with Gasteiger partial charge in [-0.3, -0.25) is 4.79 Å². The maximum absolute atomic E-state index is 12.5. The van der Waals surface area contributed by atoms with Crippen molar-refractivity contribution in [2.24, 2.45) is 0 Å². The van der Waals surface area contributed by atoms with E-state index >= 15 is 0 Å². The van der Waals surface area contributed by atoms with Gasteiger partial charge in [-0.15, -0.1) is 0 Å². The van der Waals surface area contributed by atoms with E-state index in [1.807, 2.05) is 0 Å². The van der Waals surface area contributed by atoms with Gasteiger partial charge in [0.1, 0.15) is 5.25 Å². The Morgan fingerprint density at radius 3 is 2.35 bits per heavy atom. The van der Waals surface area contributed by atoms with Crippen LogP contribution < -0.4 is 11.1 Å². The van der Waals surface area contributed by atoms with Crippen molar-refractivity contribution < 1.29 is 13.2 Å². The molecule has 5 nitrogen and oxygen atoms in total. The van der Waals surface area contributed by atoms with Gasteiger partial charge in [0, 0.05) is 5.54 Å². The summed E-state index contributed by atoms with van der Waals surface area (Å²) in [5.41, 5.74) is 6.21. The maximum atomic E-state index is 12.5. The van der Waals surface area contributed by atoms with Crippen molar-refractivity contribution >= 4 is 21.4 Å². The van der Waals surface area contributed by atoms with Crippen LogP contribution in [0.1, 0.15) is 33.3 Å². The van der Waals surface area contributed by atoms with Crippen LogP contribution in [-0.4, -0.2) is 25.1 Å². The van der Waals surface area contributed by atoms with Gasteiger partial charge in [-0.25, -0.2) is 8.42 Å². The number of nitrogens with two attached hydrogens (primary N) is 1. The summed E-state index contributed by atoms with van der Waals surface area (Å²) in [7, 11) is -3.80. The molecule has 1 rings (SSSR count). The zero-order valence-electron chi connectivity index (χ0n) is 12.5. The standard InChI is InChI=1S/C14H22N2O3S/c1-9-7-6-8-11(12(9)15)20(18,19)10(2)13(17)16-14(3,4)5/h6-8,10H,15H2,1-5H3,(H,16,17). The van der Waals surface area contributed by atoms with Gasteiger partial charge < -0.3 is 11.1 Å². The van der Waals surface area contributed by atoms with Gasteiger partial charge in [0.15, 0.2) is 9.84 Å². The largest absolute Gasteiger partial charge is 0.397 e. The van der Waals surface area contributed by atoms with E-state index in [1.165, 1.54) is 13.0 Å². The van der Waals surface area contributed by atoms with Crippen molar-refractivity contribution in [2.45, 2.75) is 50.3 Å². The topological polar surface area (TPSA) is 89.3 Å². The lowest BCUT2D eigenvalue weighted by atomic mass is 10.1. The number of aryl methyl sites for hydroxylation is 1. The zero-order valence-corrected chi connectivity index (χ0v) is 13.3. The van der Waals surface area contributed by atoms with Crippen molar-refractivity contribution in [3.8, 4) is 0 Å². The maximum Gasteiger partial charge on any atom is 0.238 e. The van der Waals surface area contributed by atoms with E-state index in [0.717, 1.165) is 0 Å². The van der Waals surface area contributed by atoms with Crippen LogP contribution in [0, 0.1) is 6.92 Å². The number of nitrogens with one attached hydrogen (secondary N) is 1. The summed E-state index contributed by atoms with van der Waals surface area (Å²) < 4.78 is 25.0. The second-order valence-electron chi connectivity index (χ2n) is 5.91. The van der Waals surface area contributed by atoms with Gasteiger partial charge in [0.2, 0.25) is 5.91 Å². The molecule has 1 unspecified atom stereocenters. The van der Waals surface area contributed by atoms with Crippen molar-refractivity contribution in [3.63, 3.8) is 0 Å². The minimum Gasteiger partial charge on any atom is -0.397 e. The molecule has 0 saturated heterocycles. The number of hydrogen-bond donors (Lipinski definition) is 2. The van der Waals surface area contributed by atoms with Crippen LogP contribution in [0.2, 0.25) is 0 Å². The lowest BCUT2D eigenvalue weighted by Gasteiger charge is -2.23. The Kier molecular flexibility index (Phi) is 4.49. The highest BCUT2D eigenvalue weighted by Crippen LogP contribution is 2.25. The molecule has 1 atom stereocenters. The highest BCUT2D eigenvalue weighted by Gasteiger charge is 2.33. The number of carbonyl (C=O) groups is 1. The van der Waals surface area contributed by atoms with Gasteiger partial charge in [0.25, 0.3) is 0 Å². The molecule has 0 aliphatic carbocycles. The van der Waals surface area contributed by atoms with E-state index in [-0.39, 0.29) is 10.6 Å². The van der Waals surface area contributed by atoms with Crippen LogP contribution in [0.5, 0.6) is 0 Å². The number of amides is 1. The number of para-hydroxylation sites is 1. The lowest BCUT2D eigenvalue weighted by Crippen LogP contribution is -2.47. The fourth-order valence-electron chi connectivity index (χ4n) is 1.70. The SMILES string of the molecule is Cc1cccc(S(=O)(=O)C(C)C(=O)NC(C)(C)C)c1N. The highest BCUT2D eigenvalue weighted by atomic mass is 32.2. The Morgan fingerprint density at radius 1 is 1.30 bits per heavy atom. The first-order valence-electron chi connectivity index (χ1n) is 6.38. The minimum atomic E-state index is -3.80. The lowest BCUT2D eigenvalue weighted by molar-refractivity contribution is -0.121. The first-order valence-corrected chi connectivity index (χ1v) is 7.92. The molecule has 0 aromatic heterocycles. The molecule has 112 valence electrons. The fraction of sp³-hybridized carbons (Fsp3) is 0.500. The predicted molar refractivity (Wildman–Crippen MR) is 80.1 cm³/mol. The van der Waals surface area contributed by atoms with Crippen molar-refractivity contribution in [2.75, 3.05) is 5.73 Å². The van der Waals surface area contributed by atoms with E-state index in [1.54, 1.807) is 39.8 Å². The molecular weight excluding hydrogens is 276 g/mol. The third-order valence-corrected chi connectivity index (χ3v) is 5.04. The third-order valence-electron chi connectivity index (χ3n) is 2.92. The molecule has 0 aliphatic heterocycles. The number of hydrogen-bond acceptors (Lipinski definition) is 4. The van der Waals surface area contributed by atoms with Gasteiger partial charge in [-0.2, -0.15) is 0 Å². The molecule has 1 aromatic rings. The Morgan fingerprint density at radius 2 is 1.85 bits per heavy atom. The molecule has 0 saturated carbocycles. The van der Waals surface area contributed by atoms with Gasteiger partial charge in [-0.05, 0) is 46.2 Å². The first kappa shape index (κ1) is 16.5. The second-order valence-corrected chi connectivity index (χ2v) is 8.15. The number of sulfone groups is 1. The molecule has 0 spiro atoms. The molecule has 1 aromatic carbocycles. The Bertz CT molecular complexity index is 616. The molecular formula is C14H22N2O3S. The molecule has 0 aliphatic rings. The predicted octanol–water partition coefficient (Wildman–Crippen LogP) is 1.65. The van der Waals surface area contributed by atoms with E-state index in [4.69, 9.17) is 5.73 Å².